The van der Waals surface area contributed by atoms with Crippen molar-refractivity contribution >= 4 is 11.7 Å². The Hall–Kier alpha value is -2.41. The van der Waals surface area contributed by atoms with E-state index in [-0.39, 0.29) is 5.91 Å². The molecular weight excluding hydrogens is 318 g/mol. The molecule has 4 heterocycles. The van der Waals surface area contributed by atoms with Crippen LogP contribution in [0.2, 0.25) is 0 Å². The Morgan fingerprint density at radius 2 is 2.12 bits per heavy atom. The molecule has 1 unspecified atom stereocenters. The molecule has 4 rings (SSSR count). The van der Waals surface area contributed by atoms with E-state index in [1.807, 2.05) is 29.2 Å². The van der Waals surface area contributed by atoms with E-state index in [1.54, 1.807) is 6.20 Å². The summed E-state index contributed by atoms with van der Waals surface area (Å²) in [4.78, 5) is 21.1. The van der Waals surface area contributed by atoms with E-state index in [4.69, 9.17) is 4.52 Å². The summed E-state index contributed by atoms with van der Waals surface area (Å²) >= 11 is 0. The molecular formula is C18H23N5O2. The van der Waals surface area contributed by atoms with Gasteiger partial charge in [0.05, 0.1) is 5.69 Å². The monoisotopic (exact) mass is 341 g/mol. The summed E-state index contributed by atoms with van der Waals surface area (Å²) < 4.78 is 5.35. The Morgan fingerprint density at radius 3 is 2.84 bits per heavy atom. The fraction of sp³-hybridized carbons (Fsp3) is 0.500. The van der Waals surface area contributed by atoms with Gasteiger partial charge in [0.15, 0.2) is 0 Å². The zero-order valence-corrected chi connectivity index (χ0v) is 14.2. The first-order chi connectivity index (χ1) is 12.3. The average molecular weight is 341 g/mol. The van der Waals surface area contributed by atoms with Gasteiger partial charge in [-0.15, -0.1) is 0 Å². The van der Waals surface area contributed by atoms with E-state index < -0.39 is 0 Å². The highest BCUT2D eigenvalue weighted by Crippen LogP contribution is 2.23. The average Bonchev–Trinajstić information content (AvgIpc) is 3.19. The van der Waals surface area contributed by atoms with Gasteiger partial charge in [0.1, 0.15) is 5.82 Å². The molecule has 25 heavy (non-hydrogen) atoms. The lowest BCUT2D eigenvalue weighted by Crippen LogP contribution is -2.49. The predicted molar refractivity (Wildman–Crippen MR) is 93.7 cm³/mol. The molecule has 2 aromatic rings. The van der Waals surface area contributed by atoms with Crippen LogP contribution in [0.4, 0.5) is 5.82 Å². The van der Waals surface area contributed by atoms with Gasteiger partial charge in [-0.05, 0) is 31.5 Å². The summed E-state index contributed by atoms with van der Waals surface area (Å²) in [6.45, 7) is 4.84. The Morgan fingerprint density at radius 1 is 1.24 bits per heavy atom. The van der Waals surface area contributed by atoms with Gasteiger partial charge in [-0.25, -0.2) is 4.98 Å². The van der Waals surface area contributed by atoms with Crippen LogP contribution in [0.15, 0.2) is 35.0 Å². The summed E-state index contributed by atoms with van der Waals surface area (Å²) in [7, 11) is 0. The van der Waals surface area contributed by atoms with Crippen molar-refractivity contribution in [2.45, 2.75) is 18.8 Å². The maximum atomic E-state index is 12.7. The normalized spacial score (nSPS) is 21.4. The fourth-order valence-corrected chi connectivity index (χ4v) is 3.52. The minimum atomic E-state index is -0.0665. The van der Waals surface area contributed by atoms with Gasteiger partial charge in [-0.2, -0.15) is 0 Å². The molecule has 1 atom stereocenters. The first kappa shape index (κ1) is 16.1. The number of hydrogen-bond acceptors (Lipinski definition) is 6. The van der Waals surface area contributed by atoms with Crippen LogP contribution in [0.1, 0.15) is 35.0 Å². The van der Waals surface area contributed by atoms with Gasteiger partial charge in [-0.1, -0.05) is 11.2 Å². The number of hydrogen-bond donors (Lipinski definition) is 1. The number of amides is 1. The molecule has 2 saturated heterocycles. The first-order valence-electron chi connectivity index (χ1n) is 8.94. The van der Waals surface area contributed by atoms with Crippen LogP contribution in [0, 0.1) is 0 Å². The van der Waals surface area contributed by atoms with Gasteiger partial charge < -0.3 is 19.6 Å². The Bertz CT molecular complexity index is 703. The number of carbonyl (C=O) groups is 1. The number of nitrogens with one attached hydrogen (secondary N) is 1. The lowest BCUT2D eigenvalue weighted by Gasteiger charge is -2.34. The van der Waals surface area contributed by atoms with Crippen LogP contribution in [0.5, 0.6) is 0 Å². The van der Waals surface area contributed by atoms with E-state index in [2.05, 4.69) is 20.4 Å². The highest BCUT2D eigenvalue weighted by Gasteiger charge is 2.27. The minimum Gasteiger partial charge on any atom is -0.353 e. The molecule has 0 aliphatic carbocycles. The Balaban J connectivity index is 1.37. The maximum Gasteiger partial charge on any atom is 0.292 e. The molecule has 132 valence electrons. The van der Waals surface area contributed by atoms with Crippen molar-refractivity contribution in [2.24, 2.45) is 0 Å². The largest absolute Gasteiger partial charge is 0.353 e. The fourth-order valence-electron chi connectivity index (χ4n) is 3.52. The molecule has 0 aromatic carbocycles. The summed E-state index contributed by atoms with van der Waals surface area (Å²) in [5.41, 5.74) is 0.891. The Labute approximate surface area is 147 Å². The zero-order chi connectivity index (χ0) is 17.1. The highest BCUT2D eigenvalue weighted by molar-refractivity contribution is 5.91. The summed E-state index contributed by atoms with van der Waals surface area (Å²) in [5.74, 6) is 1.59. The summed E-state index contributed by atoms with van der Waals surface area (Å²) in [6, 6.07) is 7.71. The highest BCUT2D eigenvalue weighted by atomic mass is 16.5. The number of carbonyl (C=O) groups excluding carboxylic acids is 1. The minimum absolute atomic E-state index is 0.0665. The number of aromatic nitrogens is 2. The van der Waals surface area contributed by atoms with Crippen molar-refractivity contribution in [2.75, 3.05) is 44.2 Å². The van der Waals surface area contributed by atoms with Crippen molar-refractivity contribution in [3.05, 3.63) is 41.9 Å². The number of nitrogens with zero attached hydrogens (tertiary/aromatic N) is 4. The zero-order valence-electron chi connectivity index (χ0n) is 14.2. The van der Waals surface area contributed by atoms with Crippen molar-refractivity contribution in [1.82, 2.24) is 20.4 Å². The van der Waals surface area contributed by atoms with Gasteiger partial charge in [0, 0.05) is 50.9 Å². The first-order valence-corrected chi connectivity index (χ1v) is 8.94. The standard InChI is InChI=1S/C18H23N5O2/c24-18(16-12-15(21-25-16)14-4-3-6-19-13-14)23-10-8-22(9-11-23)17-5-1-2-7-20-17/h1-2,5,7,12,14,19H,3-4,6,8-11,13H2. The topological polar surface area (TPSA) is 74.5 Å². The number of piperidine rings is 1. The van der Waals surface area contributed by atoms with Crippen LogP contribution in [-0.4, -0.2) is 60.2 Å². The molecule has 2 aliphatic heterocycles. The molecule has 0 saturated carbocycles. The van der Waals surface area contributed by atoms with Gasteiger partial charge >= 0.3 is 0 Å². The third-order valence-electron chi connectivity index (χ3n) is 4.99. The lowest BCUT2D eigenvalue weighted by molar-refractivity contribution is 0.0704. The van der Waals surface area contributed by atoms with Crippen molar-refractivity contribution < 1.29 is 9.32 Å². The van der Waals surface area contributed by atoms with E-state index in [0.29, 0.717) is 24.8 Å². The number of rotatable bonds is 3. The van der Waals surface area contributed by atoms with E-state index in [9.17, 15) is 4.79 Å². The van der Waals surface area contributed by atoms with Crippen LogP contribution < -0.4 is 10.2 Å². The van der Waals surface area contributed by atoms with Crippen molar-refractivity contribution in [3.8, 4) is 0 Å². The number of anilines is 1. The molecule has 0 spiro atoms. The van der Waals surface area contributed by atoms with Crippen molar-refractivity contribution in [1.29, 1.82) is 0 Å². The molecule has 7 nitrogen and oxygen atoms in total. The van der Waals surface area contributed by atoms with E-state index in [1.165, 1.54) is 0 Å². The molecule has 2 aliphatic rings. The number of pyridine rings is 1. The molecule has 2 fully saturated rings. The second-order valence-electron chi connectivity index (χ2n) is 6.63. The second kappa shape index (κ2) is 7.23. The van der Waals surface area contributed by atoms with Crippen LogP contribution >= 0.6 is 0 Å². The third kappa shape index (κ3) is 3.51. The quantitative estimate of drug-likeness (QED) is 0.912. The summed E-state index contributed by atoms with van der Waals surface area (Å²) in [5, 5.41) is 7.50. The van der Waals surface area contributed by atoms with Crippen LogP contribution in [0.25, 0.3) is 0 Å². The second-order valence-corrected chi connectivity index (χ2v) is 6.63. The lowest BCUT2D eigenvalue weighted by atomic mass is 9.96. The third-order valence-corrected chi connectivity index (χ3v) is 4.99. The van der Waals surface area contributed by atoms with Gasteiger partial charge in [-0.3, -0.25) is 4.79 Å². The molecule has 1 amide bonds. The maximum absolute atomic E-state index is 12.7. The molecule has 1 N–H and O–H groups in total. The van der Waals surface area contributed by atoms with E-state index in [0.717, 1.165) is 50.5 Å². The summed E-state index contributed by atoms with van der Waals surface area (Å²) in [6.07, 6.45) is 4.02. The predicted octanol–water partition coefficient (Wildman–Crippen LogP) is 1.50. The molecule has 0 radical (unpaired) electrons. The molecule has 0 bridgehead atoms. The smallest absolute Gasteiger partial charge is 0.292 e. The van der Waals surface area contributed by atoms with Gasteiger partial charge in [0.2, 0.25) is 5.76 Å². The molecule has 2 aromatic heterocycles. The Kier molecular flexibility index (Phi) is 4.65. The van der Waals surface area contributed by atoms with Crippen LogP contribution in [-0.2, 0) is 0 Å². The van der Waals surface area contributed by atoms with E-state index >= 15 is 0 Å². The SMILES string of the molecule is O=C(c1cc(C2CCCNC2)no1)N1CCN(c2ccccn2)CC1. The van der Waals surface area contributed by atoms with Gasteiger partial charge in [0.25, 0.3) is 5.91 Å². The van der Waals surface area contributed by atoms with Crippen LogP contribution in [0.3, 0.4) is 0 Å². The number of piperazine rings is 1. The molecule has 7 heteroatoms. The van der Waals surface area contributed by atoms with Crippen molar-refractivity contribution in [3.63, 3.8) is 0 Å².